The van der Waals surface area contributed by atoms with Crippen LogP contribution in [0.5, 0.6) is 0 Å². The number of hydrogen-bond acceptors (Lipinski definition) is 5. The lowest BCUT2D eigenvalue weighted by Crippen LogP contribution is -2.13. The van der Waals surface area contributed by atoms with Crippen molar-refractivity contribution < 1.29 is 4.74 Å². The fraction of sp³-hybridized carbons (Fsp3) is 0.286. The van der Waals surface area contributed by atoms with Gasteiger partial charge in [-0.3, -0.25) is 0 Å². The molecule has 0 saturated heterocycles. The molecule has 110 valence electrons. The molecule has 0 saturated carbocycles. The highest BCUT2D eigenvalue weighted by molar-refractivity contribution is 9.10. The lowest BCUT2D eigenvalue weighted by Gasteiger charge is -2.09. The van der Waals surface area contributed by atoms with Gasteiger partial charge >= 0.3 is 0 Å². The first-order chi connectivity index (χ1) is 10.2. The largest absolute Gasteiger partial charge is 0.382 e. The Morgan fingerprint density at radius 2 is 2.14 bits per heavy atom. The molecule has 0 radical (unpaired) electrons. The lowest BCUT2D eigenvalue weighted by atomic mass is 10.2. The highest BCUT2D eigenvalue weighted by atomic mass is 79.9. The maximum Gasteiger partial charge on any atom is 0.152 e. The number of aromatic nitrogens is 3. The maximum atomic E-state index is 6.07. The number of halogens is 1. The molecule has 3 aromatic rings. The number of nitrogens with two attached hydrogens (primary N) is 2. The maximum absolute atomic E-state index is 6.07. The number of benzene rings is 1. The Kier molecular flexibility index (Phi) is 3.79. The summed E-state index contributed by atoms with van der Waals surface area (Å²) in [6, 6.07) is 5.94. The fourth-order valence-electron chi connectivity index (χ4n) is 2.54. The van der Waals surface area contributed by atoms with Crippen molar-refractivity contribution in [3.63, 3.8) is 0 Å². The molecule has 0 aliphatic heterocycles. The number of anilines is 1. The summed E-state index contributed by atoms with van der Waals surface area (Å²) >= 11 is 3.46. The van der Waals surface area contributed by atoms with Gasteiger partial charge in [0, 0.05) is 30.1 Å². The second kappa shape index (κ2) is 5.59. The third-order valence-corrected chi connectivity index (χ3v) is 3.86. The smallest absolute Gasteiger partial charge is 0.152 e. The van der Waals surface area contributed by atoms with Gasteiger partial charge in [0.15, 0.2) is 5.82 Å². The Hall–Kier alpha value is -1.70. The van der Waals surface area contributed by atoms with Crippen LogP contribution in [-0.2, 0) is 17.9 Å². The first-order valence-electron chi connectivity index (χ1n) is 6.58. The number of imidazole rings is 1. The van der Waals surface area contributed by atoms with Crippen LogP contribution in [0, 0.1) is 0 Å². The van der Waals surface area contributed by atoms with Crippen molar-refractivity contribution >= 4 is 43.7 Å². The highest BCUT2D eigenvalue weighted by Gasteiger charge is 2.16. The summed E-state index contributed by atoms with van der Waals surface area (Å²) in [5.41, 5.74) is 14.3. The van der Waals surface area contributed by atoms with Crippen molar-refractivity contribution in [3.05, 3.63) is 28.5 Å². The normalized spacial score (nSPS) is 11.6. The topological polar surface area (TPSA) is 92.0 Å². The van der Waals surface area contributed by atoms with E-state index in [2.05, 4.69) is 30.5 Å². The Morgan fingerprint density at radius 3 is 2.86 bits per heavy atom. The van der Waals surface area contributed by atoms with E-state index in [0.29, 0.717) is 31.0 Å². The van der Waals surface area contributed by atoms with Crippen molar-refractivity contribution in [2.24, 2.45) is 5.73 Å². The Balaban J connectivity index is 2.42. The minimum absolute atomic E-state index is 0.409. The van der Waals surface area contributed by atoms with E-state index in [1.54, 1.807) is 7.11 Å². The van der Waals surface area contributed by atoms with Crippen LogP contribution in [0.25, 0.3) is 21.9 Å². The van der Waals surface area contributed by atoms with Crippen molar-refractivity contribution in [1.29, 1.82) is 0 Å². The second-order valence-electron chi connectivity index (χ2n) is 4.76. The summed E-state index contributed by atoms with van der Waals surface area (Å²) in [5, 5.41) is 1.01. The summed E-state index contributed by atoms with van der Waals surface area (Å²) in [4.78, 5) is 9.02. The number of nitrogen functional groups attached to an aromatic ring is 1. The van der Waals surface area contributed by atoms with Gasteiger partial charge in [-0.15, -0.1) is 0 Å². The zero-order chi connectivity index (χ0) is 15.0. The molecule has 2 aromatic heterocycles. The van der Waals surface area contributed by atoms with E-state index in [0.717, 1.165) is 26.7 Å². The SMILES string of the molecule is COCc1nc2c(N)nc3cc(Br)ccc3c2n1CCN. The van der Waals surface area contributed by atoms with Crippen LogP contribution in [0.4, 0.5) is 5.82 Å². The molecule has 0 fully saturated rings. The van der Waals surface area contributed by atoms with E-state index in [1.807, 2.05) is 18.2 Å². The van der Waals surface area contributed by atoms with E-state index >= 15 is 0 Å². The molecular weight excluding hydrogens is 334 g/mol. The molecule has 2 heterocycles. The van der Waals surface area contributed by atoms with E-state index in [4.69, 9.17) is 16.2 Å². The van der Waals surface area contributed by atoms with Crippen molar-refractivity contribution in [1.82, 2.24) is 14.5 Å². The van der Waals surface area contributed by atoms with E-state index in [-0.39, 0.29) is 0 Å². The molecular formula is C14H16BrN5O. The van der Waals surface area contributed by atoms with Crippen LogP contribution in [0.2, 0.25) is 0 Å². The number of nitrogens with zero attached hydrogens (tertiary/aromatic N) is 3. The Labute approximate surface area is 130 Å². The first kappa shape index (κ1) is 14.2. The molecule has 0 atom stereocenters. The molecule has 0 bridgehead atoms. The highest BCUT2D eigenvalue weighted by Crippen LogP contribution is 2.30. The summed E-state index contributed by atoms with van der Waals surface area (Å²) in [5.74, 6) is 1.23. The lowest BCUT2D eigenvalue weighted by molar-refractivity contribution is 0.175. The van der Waals surface area contributed by atoms with Gasteiger partial charge in [-0.25, -0.2) is 9.97 Å². The van der Waals surface area contributed by atoms with Crippen LogP contribution in [0.1, 0.15) is 5.82 Å². The van der Waals surface area contributed by atoms with Crippen molar-refractivity contribution in [2.45, 2.75) is 13.2 Å². The van der Waals surface area contributed by atoms with Gasteiger partial charge in [0.1, 0.15) is 17.9 Å². The van der Waals surface area contributed by atoms with Gasteiger partial charge in [-0.1, -0.05) is 15.9 Å². The van der Waals surface area contributed by atoms with E-state index in [9.17, 15) is 0 Å². The van der Waals surface area contributed by atoms with Gasteiger partial charge in [-0.2, -0.15) is 0 Å². The zero-order valence-corrected chi connectivity index (χ0v) is 13.2. The predicted molar refractivity (Wildman–Crippen MR) is 86.9 cm³/mol. The van der Waals surface area contributed by atoms with Gasteiger partial charge in [0.2, 0.25) is 0 Å². The van der Waals surface area contributed by atoms with Crippen LogP contribution in [0.15, 0.2) is 22.7 Å². The number of hydrogen-bond donors (Lipinski definition) is 2. The van der Waals surface area contributed by atoms with Crippen LogP contribution in [-0.4, -0.2) is 28.2 Å². The molecule has 7 heteroatoms. The average molecular weight is 350 g/mol. The minimum atomic E-state index is 0.409. The van der Waals surface area contributed by atoms with E-state index in [1.165, 1.54) is 0 Å². The zero-order valence-electron chi connectivity index (χ0n) is 11.6. The van der Waals surface area contributed by atoms with Crippen LogP contribution < -0.4 is 11.5 Å². The quantitative estimate of drug-likeness (QED) is 0.751. The third-order valence-electron chi connectivity index (χ3n) is 3.37. The summed E-state index contributed by atoms with van der Waals surface area (Å²) in [6.45, 7) is 1.58. The van der Waals surface area contributed by atoms with Gasteiger partial charge in [0.05, 0.1) is 11.0 Å². The molecule has 3 rings (SSSR count). The Morgan fingerprint density at radius 1 is 1.33 bits per heavy atom. The molecule has 6 nitrogen and oxygen atoms in total. The molecule has 0 spiro atoms. The predicted octanol–water partition coefficient (Wildman–Crippen LogP) is 2.03. The van der Waals surface area contributed by atoms with Gasteiger partial charge in [-0.05, 0) is 18.2 Å². The van der Waals surface area contributed by atoms with Gasteiger partial charge < -0.3 is 20.8 Å². The number of fused-ring (bicyclic) bond motifs is 3. The first-order valence-corrected chi connectivity index (χ1v) is 7.38. The monoisotopic (exact) mass is 349 g/mol. The molecule has 4 N–H and O–H groups in total. The molecule has 0 unspecified atom stereocenters. The summed E-state index contributed by atoms with van der Waals surface area (Å²) in [7, 11) is 1.64. The molecule has 0 aliphatic rings. The summed E-state index contributed by atoms with van der Waals surface area (Å²) in [6.07, 6.45) is 0. The fourth-order valence-corrected chi connectivity index (χ4v) is 2.89. The second-order valence-corrected chi connectivity index (χ2v) is 5.67. The number of ether oxygens (including phenoxy) is 1. The van der Waals surface area contributed by atoms with Gasteiger partial charge in [0.25, 0.3) is 0 Å². The third kappa shape index (κ3) is 2.37. The van der Waals surface area contributed by atoms with Crippen molar-refractivity contribution in [2.75, 3.05) is 19.4 Å². The average Bonchev–Trinajstić information content (AvgIpc) is 2.79. The Bertz CT molecular complexity index is 814. The minimum Gasteiger partial charge on any atom is -0.382 e. The molecule has 0 amide bonds. The molecule has 21 heavy (non-hydrogen) atoms. The number of methoxy groups -OCH3 is 1. The van der Waals surface area contributed by atoms with Crippen LogP contribution >= 0.6 is 15.9 Å². The van der Waals surface area contributed by atoms with Crippen LogP contribution in [0.3, 0.4) is 0 Å². The number of rotatable bonds is 4. The summed E-state index contributed by atoms with van der Waals surface area (Å²) < 4.78 is 8.25. The van der Waals surface area contributed by atoms with Crippen molar-refractivity contribution in [3.8, 4) is 0 Å². The van der Waals surface area contributed by atoms with E-state index < -0.39 is 0 Å². The molecule has 1 aromatic carbocycles. The standard InChI is InChI=1S/C14H16BrN5O/c1-21-7-11-19-12-13(20(11)5-4-16)9-3-2-8(15)6-10(9)18-14(12)17/h2-3,6H,4-5,7,16H2,1H3,(H2,17,18). The molecule has 0 aliphatic carbocycles. The number of pyridine rings is 1.